The molecule has 1 aromatic carbocycles. The van der Waals surface area contributed by atoms with Crippen molar-refractivity contribution >= 4 is 35.6 Å². The third-order valence-corrected chi connectivity index (χ3v) is 4.51. The number of guanidine groups is 1. The molecular formula is C19H32IN3O3. The van der Waals surface area contributed by atoms with Gasteiger partial charge in [-0.05, 0) is 36.8 Å². The molecule has 6 nitrogen and oxygen atoms in total. The summed E-state index contributed by atoms with van der Waals surface area (Å²) in [4.78, 5) is 4.32. The number of hydrogen-bond donors (Lipinski definition) is 2. The van der Waals surface area contributed by atoms with Gasteiger partial charge in [0.05, 0.1) is 6.61 Å². The predicted octanol–water partition coefficient (Wildman–Crippen LogP) is 3.52. The van der Waals surface area contributed by atoms with E-state index in [0.29, 0.717) is 18.6 Å². The van der Waals surface area contributed by atoms with Gasteiger partial charge in [0, 0.05) is 59.2 Å². The summed E-state index contributed by atoms with van der Waals surface area (Å²) in [7, 11) is 5.24. The van der Waals surface area contributed by atoms with Crippen molar-refractivity contribution in [2.45, 2.75) is 25.7 Å². The Morgan fingerprint density at radius 3 is 2.58 bits per heavy atom. The Kier molecular flexibility index (Phi) is 10.9. The molecular weight excluding hydrogens is 445 g/mol. The maximum absolute atomic E-state index is 5.74. The number of nitrogens with zero attached hydrogens (tertiary/aromatic N) is 1. The first-order valence-electron chi connectivity index (χ1n) is 8.90. The van der Waals surface area contributed by atoms with Crippen molar-refractivity contribution in [2.24, 2.45) is 10.4 Å². The van der Waals surface area contributed by atoms with E-state index in [4.69, 9.17) is 14.2 Å². The van der Waals surface area contributed by atoms with Crippen molar-refractivity contribution in [1.29, 1.82) is 0 Å². The minimum absolute atomic E-state index is 0. The van der Waals surface area contributed by atoms with E-state index < -0.39 is 0 Å². The molecule has 0 atom stereocenters. The lowest BCUT2D eigenvalue weighted by Gasteiger charge is -2.18. The molecule has 2 rings (SSSR count). The van der Waals surface area contributed by atoms with E-state index in [-0.39, 0.29) is 24.0 Å². The first kappa shape index (κ1) is 23.0. The van der Waals surface area contributed by atoms with Gasteiger partial charge in [-0.3, -0.25) is 4.99 Å². The lowest BCUT2D eigenvalue weighted by molar-refractivity contribution is 0.172. The molecule has 0 bridgehead atoms. The first-order chi connectivity index (χ1) is 12.2. The number of hydrogen-bond acceptors (Lipinski definition) is 4. The van der Waals surface area contributed by atoms with Crippen LogP contribution in [0, 0.1) is 5.41 Å². The van der Waals surface area contributed by atoms with Crippen LogP contribution in [0.2, 0.25) is 0 Å². The lowest BCUT2D eigenvalue weighted by Crippen LogP contribution is -2.35. The van der Waals surface area contributed by atoms with Crippen LogP contribution in [-0.2, 0) is 9.47 Å². The van der Waals surface area contributed by atoms with Gasteiger partial charge in [0.2, 0.25) is 0 Å². The zero-order valence-corrected chi connectivity index (χ0v) is 18.4. The van der Waals surface area contributed by atoms with Crippen LogP contribution in [0.5, 0.6) is 5.75 Å². The van der Waals surface area contributed by atoms with Crippen molar-refractivity contribution in [3.63, 3.8) is 0 Å². The van der Waals surface area contributed by atoms with Gasteiger partial charge in [-0.25, -0.2) is 0 Å². The predicted molar refractivity (Wildman–Crippen MR) is 117 cm³/mol. The molecule has 0 saturated heterocycles. The van der Waals surface area contributed by atoms with Gasteiger partial charge in [-0.1, -0.05) is 6.07 Å². The van der Waals surface area contributed by atoms with Gasteiger partial charge in [0.25, 0.3) is 0 Å². The van der Waals surface area contributed by atoms with E-state index in [0.717, 1.165) is 43.4 Å². The highest BCUT2D eigenvalue weighted by atomic mass is 127. The highest BCUT2D eigenvalue weighted by Gasteiger charge is 2.41. The van der Waals surface area contributed by atoms with Crippen LogP contribution in [0.25, 0.3) is 0 Å². The minimum atomic E-state index is 0. The second-order valence-electron chi connectivity index (χ2n) is 6.52. The SMILES string of the molecule is CN=C(NCC1(CCOC)CC1)Nc1cccc(OCCCOC)c1.I. The zero-order chi connectivity index (χ0) is 18.0. The van der Waals surface area contributed by atoms with Crippen LogP contribution in [0.3, 0.4) is 0 Å². The Bertz CT molecular complexity index is 551. The quantitative estimate of drug-likeness (QED) is 0.221. The number of benzene rings is 1. The molecule has 26 heavy (non-hydrogen) atoms. The minimum Gasteiger partial charge on any atom is -0.493 e. The Morgan fingerprint density at radius 1 is 1.15 bits per heavy atom. The number of anilines is 1. The van der Waals surface area contributed by atoms with Gasteiger partial charge in [0.1, 0.15) is 5.75 Å². The first-order valence-corrected chi connectivity index (χ1v) is 8.90. The van der Waals surface area contributed by atoms with E-state index in [1.54, 1.807) is 21.3 Å². The van der Waals surface area contributed by atoms with Crippen molar-refractivity contribution in [3.05, 3.63) is 24.3 Å². The second-order valence-corrected chi connectivity index (χ2v) is 6.52. The Morgan fingerprint density at radius 2 is 1.92 bits per heavy atom. The molecule has 0 unspecified atom stereocenters. The monoisotopic (exact) mass is 477 g/mol. The number of methoxy groups -OCH3 is 2. The zero-order valence-electron chi connectivity index (χ0n) is 16.0. The second kappa shape index (κ2) is 12.3. The number of aliphatic imine (C=N–C) groups is 1. The molecule has 0 aromatic heterocycles. The molecule has 7 heteroatoms. The fourth-order valence-corrected chi connectivity index (χ4v) is 2.65. The van der Waals surface area contributed by atoms with Crippen LogP contribution in [0.4, 0.5) is 5.69 Å². The molecule has 1 fully saturated rings. The summed E-state index contributed by atoms with van der Waals surface area (Å²) < 4.78 is 16.0. The Hall–Kier alpha value is -1.06. The van der Waals surface area contributed by atoms with E-state index in [1.807, 2.05) is 24.3 Å². The average Bonchev–Trinajstić information content (AvgIpc) is 3.41. The number of halogens is 1. The summed E-state index contributed by atoms with van der Waals surface area (Å²) in [5.41, 5.74) is 1.33. The van der Waals surface area contributed by atoms with Crippen LogP contribution in [-0.4, -0.2) is 53.6 Å². The average molecular weight is 477 g/mol. The van der Waals surface area contributed by atoms with E-state index >= 15 is 0 Å². The van der Waals surface area contributed by atoms with Gasteiger partial charge in [-0.15, -0.1) is 24.0 Å². The molecule has 0 radical (unpaired) electrons. The molecule has 0 spiro atoms. The molecule has 1 aliphatic rings. The van der Waals surface area contributed by atoms with Crippen LogP contribution >= 0.6 is 24.0 Å². The number of nitrogens with one attached hydrogen (secondary N) is 2. The lowest BCUT2D eigenvalue weighted by atomic mass is 10.0. The summed E-state index contributed by atoms with van der Waals surface area (Å²) in [5, 5.41) is 6.76. The van der Waals surface area contributed by atoms with Crippen LogP contribution in [0.15, 0.2) is 29.3 Å². The Labute approximate surface area is 174 Å². The maximum atomic E-state index is 5.74. The summed E-state index contributed by atoms with van der Waals surface area (Å²) in [6.45, 7) is 3.09. The normalized spacial score (nSPS) is 15.1. The summed E-state index contributed by atoms with van der Waals surface area (Å²) in [6, 6.07) is 7.92. The van der Waals surface area contributed by atoms with E-state index in [9.17, 15) is 0 Å². The van der Waals surface area contributed by atoms with Crippen LogP contribution < -0.4 is 15.4 Å². The van der Waals surface area contributed by atoms with Crippen molar-refractivity contribution in [2.75, 3.05) is 52.9 Å². The largest absolute Gasteiger partial charge is 0.493 e. The van der Waals surface area contributed by atoms with Crippen molar-refractivity contribution in [3.8, 4) is 5.75 Å². The van der Waals surface area contributed by atoms with Crippen molar-refractivity contribution in [1.82, 2.24) is 5.32 Å². The van der Waals surface area contributed by atoms with Gasteiger partial charge in [0.15, 0.2) is 5.96 Å². The molecule has 1 aliphatic carbocycles. The highest BCUT2D eigenvalue weighted by molar-refractivity contribution is 14.0. The molecule has 0 amide bonds. The third kappa shape index (κ3) is 8.09. The van der Waals surface area contributed by atoms with E-state index in [2.05, 4.69) is 15.6 Å². The summed E-state index contributed by atoms with van der Waals surface area (Å²) in [5.74, 6) is 1.62. The van der Waals surface area contributed by atoms with E-state index in [1.165, 1.54) is 12.8 Å². The summed E-state index contributed by atoms with van der Waals surface area (Å²) >= 11 is 0. The molecule has 0 aliphatic heterocycles. The van der Waals surface area contributed by atoms with Gasteiger partial charge < -0.3 is 24.8 Å². The molecule has 1 saturated carbocycles. The molecule has 0 heterocycles. The molecule has 1 aromatic rings. The van der Waals surface area contributed by atoms with Gasteiger partial charge in [-0.2, -0.15) is 0 Å². The highest BCUT2D eigenvalue weighted by Crippen LogP contribution is 2.48. The maximum Gasteiger partial charge on any atom is 0.195 e. The number of ether oxygens (including phenoxy) is 3. The fraction of sp³-hybridized carbons (Fsp3) is 0.632. The third-order valence-electron chi connectivity index (χ3n) is 4.51. The standard InChI is InChI=1S/C19H31N3O3.HI/c1-20-18(21-15-19(8-9-19)10-13-24-3)22-16-6-4-7-17(14-16)25-12-5-11-23-2;/h4,6-7,14H,5,8-13,15H2,1-3H3,(H2,20,21,22);1H. The Balaban J connectivity index is 0.00000338. The number of rotatable bonds is 11. The molecule has 2 N–H and O–H groups in total. The topological polar surface area (TPSA) is 64.1 Å². The fourth-order valence-electron chi connectivity index (χ4n) is 2.65. The van der Waals surface area contributed by atoms with Crippen molar-refractivity contribution < 1.29 is 14.2 Å². The summed E-state index contributed by atoms with van der Waals surface area (Å²) in [6.07, 6.45) is 4.48. The van der Waals surface area contributed by atoms with Gasteiger partial charge >= 0.3 is 0 Å². The van der Waals surface area contributed by atoms with Crippen LogP contribution in [0.1, 0.15) is 25.7 Å². The molecule has 148 valence electrons. The smallest absolute Gasteiger partial charge is 0.195 e.